The average molecular weight is 403 g/mol. The van der Waals surface area contributed by atoms with Crippen LogP contribution < -0.4 is 5.32 Å². The molecule has 1 aliphatic rings. The number of nitrogens with one attached hydrogen (secondary N) is 1. The third-order valence-corrected chi connectivity index (χ3v) is 3.77. The Bertz CT molecular complexity index is 768. The second kappa shape index (κ2) is 10.5. The molecular weight excluding hydrogens is 374 g/mol. The predicted molar refractivity (Wildman–Crippen MR) is 110 cm³/mol. The Hall–Kier alpha value is -3.03. The van der Waals surface area contributed by atoms with E-state index >= 15 is 0 Å². The molecule has 0 unspecified atom stereocenters. The SMILES string of the molecule is COC(=O)c1cccc(CN2CC=CC(OCCCNC(=O)OC(C)(C)C)=N2)c1. The van der Waals surface area contributed by atoms with Gasteiger partial charge in [0.05, 0.1) is 32.4 Å². The summed E-state index contributed by atoms with van der Waals surface area (Å²) in [6.45, 7) is 7.53. The van der Waals surface area contributed by atoms with Crippen molar-refractivity contribution in [2.75, 3.05) is 26.8 Å². The van der Waals surface area contributed by atoms with Gasteiger partial charge in [0.2, 0.25) is 5.90 Å². The third-order valence-electron chi connectivity index (χ3n) is 3.77. The van der Waals surface area contributed by atoms with Gasteiger partial charge in [-0.1, -0.05) is 18.2 Å². The van der Waals surface area contributed by atoms with E-state index in [9.17, 15) is 9.59 Å². The van der Waals surface area contributed by atoms with Gasteiger partial charge in [0.1, 0.15) is 5.60 Å². The van der Waals surface area contributed by atoms with Gasteiger partial charge in [-0.05, 0) is 51.0 Å². The molecule has 0 saturated heterocycles. The van der Waals surface area contributed by atoms with Crippen molar-refractivity contribution in [2.24, 2.45) is 5.10 Å². The standard InChI is InChI=1S/C21H29N3O5/c1-21(2,3)29-20(26)22-11-7-13-28-18-10-6-12-24(23-18)15-16-8-5-9-17(14-16)19(25)27-4/h5-6,8-10,14H,7,11-13,15H2,1-4H3,(H,22,26). The molecule has 1 N–H and O–H groups in total. The zero-order valence-electron chi connectivity index (χ0n) is 17.4. The van der Waals surface area contributed by atoms with Gasteiger partial charge in [0.15, 0.2) is 0 Å². The number of amides is 1. The van der Waals surface area contributed by atoms with Crippen molar-refractivity contribution in [3.8, 4) is 0 Å². The molecule has 158 valence electrons. The van der Waals surface area contributed by atoms with Crippen LogP contribution in [-0.4, -0.2) is 55.4 Å². The van der Waals surface area contributed by atoms with Gasteiger partial charge < -0.3 is 19.5 Å². The highest BCUT2D eigenvalue weighted by Gasteiger charge is 2.15. The first-order chi connectivity index (χ1) is 13.8. The van der Waals surface area contributed by atoms with Crippen LogP contribution in [0.2, 0.25) is 0 Å². The number of hydrogen-bond donors (Lipinski definition) is 1. The van der Waals surface area contributed by atoms with Crippen LogP contribution in [0.15, 0.2) is 41.5 Å². The van der Waals surface area contributed by atoms with Gasteiger partial charge in [-0.2, -0.15) is 0 Å². The highest BCUT2D eigenvalue weighted by atomic mass is 16.6. The Labute approximate surface area is 171 Å². The van der Waals surface area contributed by atoms with Crippen molar-refractivity contribution in [3.05, 3.63) is 47.5 Å². The van der Waals surface area contributed by atoms with Gasteiger partial charge in [-0.3, -0.25) is 5.01 Å². The molecule has 0 bridgehead atoms. The van der Waals surface area contributed by atoms with E-state index in [-0.39, 0.29) is 5.97 Å². The molecule has 1 aliphatic heterocycles. The van der Waals surface area contributed by atoms with Crippen LogP contribution in [0.4, 0.5) is 4.79 Å². The minimum atomic E-state index is -0.512. The molecule has 0 fully saturated rings. The zero-order chi connectivity index (χ0) is 21.3. The number of benzene rings is 1. The maximum atomic E-state index is 11.7. The van der Waals surface area contributed by atoms with Crippen LogP contribution in [0, 0.1) is 0 Å². The van der Waals surface area contributed by atoms with Crippen LogP contribution in [0.5, 0.6) is 0 Å². The molecule has 2 rings (SSSR count). The van der Waals surface area contributed by atoms with Gasteiger partial charge in [-0.15, -0.1) is 5.10 Å². The van der Waals surface area contributed by atoms with Crippen molar-refractivity contribution in [3.63, 3.8) is 0 Å². The summed E-state index contributed by atoms with van der Waals surface area (Å²) in [6, 6.07) is 7.26. The van der Waals surface area contributed by atoms with Crippen molar-refractivity contribution in [2.45, 2.75) is 39.3 Å². The number of carbonyl (C=O) groups excluding carboxylic acids is 2. The highest BCUT2D eigenvalue weighted by molar-refractivity contribution is 5.89. The summed E-state index contributed by atoms with van der Waals surface area (Å²) in [4.78, 5) is 23.2. The number of ether oxygens (including phenoxy) is 3. The Kier molecular flexibility index (Phi) is 8.06. The maximum Gasteiger partial charge on any atom is 0.407 e. The number of nitrogens with zero attached hydrogens (tertiary/aromatic N) is 2. The van der Waals surface area contributed by atoms with Crippen LogP contribution in [0.3, 0.4) is 0 Å². The fraction of sp³-hybridized carbons (Fsp3) is 0.476. The number of carbonyl (C=O) groups is 2. The molecule has 1 amide bonds. The first kappa shape index (κ1) is 22.3. The lowest BCUT2D eigenvalue weighted by molar-refractivity contribution is 0.0524. The lowest BCUT2D eigenvalue weighted by Crippen LogP contribution is -2.33. The lowest BCUT2D eigenvalue weighted by atomic mass is 10.1. The maximum absolute atomic E-state index is 11.7. The van der Waals surface area contributed by atoms with E-state index in [4.69, 9.17) is 14.2 Å². The third kappa shape index (κ3) is 8.25. The second-order valence-corrected chi connectivity index (χ2v) is 7.51. The van der Waals surface area contributed by atoms with Gasteiger partial charge in [-0.25, -0.2) is 9.59 Å². The molecule has 8 nitrogen and oxygen atoms in total. The molecule has 1 heterocycles. The molecule has 0 aromatic heterocycles. The molecular formula is C21H29N3O5. The minimum Gasteiger partial charge on any atom is -0.477 e. The smallest absolute Gasteiger partial charge is 0.407 e. The van der Waals surface area contributed by atoms with Gasteiger partial charge >= 0.3 is 12.1 Å². The van der Waals surface area contributed by atoms with E-state index in [0.717, 1.165) is 5.56 Å². The van der Waals surface area contributed by atoms with E-state index in [1.54, 1.807) is 12.1 Å². The summed E-state index contributed by atoms with van der Waals surface area (Å²) in [5, 5.41) is 9.01. The summed E-state index contributed by atoms with van der Waals surface area (Å²) in [6.07, 6.45) is 3.98. The molecule has 0 radical (unpaired) electrons. The number of alkyl carbamates (subject to hydrolysis) is 1. The van der Waals surface area contributed by atoms with Crippen LogP contribution in [0.25, 0.3) is 0 Å². The molecule has 0 atom stereocenters. The van der Waals surface area contributed by atoms with E-state index in [1.165, 1.54) is 7.11 Å². The topological polar surface area (TPSA) is 89.5 Å². The van der Waals surface area contributed by atoms with Crippen LogP contribution in [-0.2, 0) is 20.8 Å². The predicted octanol–water partition coefficient (Wildman–Crippen LogP) is 3.09. The van der Waals surface area contributed by atoms with Crippen LogP contribution >= 0.6 is 0 Å². The van der Waals surface area contributed by atoms with E-state index in [0.29, 0.717) is 44.1 Å². The minimum absolute atomic E-state index is 0.363. The number of methoxy groups -OCH3 is 1. The molecule has 1 aromatic carbocycles. The van der Waals surface area contributed by atoms with Crippen molar-refractivity contribution in [1.82, 2.24) is 10.3 Å². The van der Waals surface area contributed by atoms with Crippen molar-refractivity contribution < 1.29 is 23.8 Å². The number of hydrogen-bond acceptors (Lipinski definition) is 7. The van der Waals surface area contributed by atoms with E-state index < -0.39 is 11.7 Å². The zero-order valence-corrected chi connectivity index (χ0v) is 17.4. The monoisotopic (exact) mass is 403 g/mol. The Morgan fingerprint density at radius 3 is 2.79 bits per heavy atom. The highest BCUT2D eigenvalue weighted by Crippen LogP contribution is 2.12. The Morgan fingerprint density at radius 2 is 2.07 bits per heavy atom. The van der Waals surface area contributed by atoms with Crippen LogP contribution in [0.1, 0.15) is 43.1 Å². The molecule has 29 heavy (non-hydrogen) atoms. The first-order valence-corrected chi connectivity index (χ1v) is 9.54. The summed E-state index contributed by atoms with van der Waals surface area (Å²) in [5.41, 5.74) is 0.950. The molecule has 0 saturated carbocycles. The van der Waals surface area contributed by atoms with E-state index in [1.807, 2.05) is 50.1 Å². The number of esters is 1. The number of rotatable bonds is 7. The largest absolute Gasteiger partial charge is 0.477 e. The summed E-state index contributed by atoms with van der Waals surface area (Å²) in [7, 11) is 1.36. The normalized spacial score (nSPS) is 13.5. The van der Waals surface area contributed by atoms with Crippen molar-refractivity contribution >= 4 is 18.0 Å². The van der Waals surface area contributed by atoms with Crippen molar-refractivity contribution in [1.29, 1.82) is 0 Å². The molecule has 8 heteroatoms. The average Bonchev–Trinajstić information content (AvgIpc) is 2.66. The second-order valence-electron chi connectivity index (χ2n) is 7.51. The Balaban J connectivity index is 1.76. The lowest BCUT2D eigenvalue weighted by Gasteiger charge is -2.22. The van der Waals surface area contributed by atoms with E-state index in [2.05, 4.69) is 10.4 Å². The first-order valence-electron chi connectivity index (χ1n) is 9.54. The van der Waals surface area contributed by atoms with Gasteiger partial charge in [0.25, 0.3) is 0 Å². The van der Waals surface area contributed by atoms with Gasteiger partial charge in [0, 0.05) is 6.54 Å². The molecule has 0 aliphatic carbocycles. The fourth-order valence-corrected chi connectivity index (χ4v) is 2.54. The quantitative estimate of drug-likeness (QED) is 0.556. The fourth-order valence-electron chi connectivity index (χ4n) is 2.54. The Morgan fingerprint density at radius 1 is 1.28 bits per heavy atom. The number of hydrazone groups is 1. The summed E-state index contributed by atoms with van der Waals surface area (Å²) >= 11 is 0. The summed E-state index contributed by atoms with van der Waals surface area (Å²) in [5.74, 6) is 0.149. The molecule has 0 spiro atoms. The molecule has 1 aromatic rings. The summed E-state index contributed by atoms with van der Waals surface area (Å²) < 4.78 is 15.6.